The lowest BCUT2D eigenvalue weighted by molar-refractivity contribution is -0.142. The van der Waals surface area contributed by atoms with Gasteiger partial charge in [0, 0.05) is 0 Å². The van der Waals surface area contributed by atoms with Crippen LogP contribution in [0.25, 0.3) is 11.1 Å². The number of ether oxygens (including phenoxy) is 2. The van der Waals surface area contributed by atoms with Crippen LogP contribution in [-0.4, -0.2) is 48.6 Å². The minimum absolute atomic E-state index is 0.0473. The number of rotatable bonds is 19. The molecular formula is C44H62O6. The highest BCUT2D eigenvalue weighted by atomic mass is 16.5. The second kappa shape index (κ2) is 20.6. The van der Waals surface area contributed by atoms with Crippen molar-refractivity contribution >= 4 is 11.9 Å². The van der Waals surface area contributed by atoms with Crippen molar-refractivity contribution in [2.75, 3.05) is 26.4 Å². The number of hydrogen-bond acceptors (Lipinski definition) is 6. The van der Waals surface area contributed by atoms with Crippen molar-refractivity contribution in [3.8, 4) is 11.1 Å². The topological polar surface area (TPSA) is 93.1 Å². The molecule has 6 nitrogen and oxygen atoms in total. The van der Waals surface area contributed by atoms with Gasteiger partial charge in [0.1, 0.15) is 13.2 Å². The van der Waals surface area contributed by atoms with Crippen LogP contribution in [0.1, 0.15) is 132 Å². The van der Waals surface area contributed by atoms with E-state index in [9.17, 15) is 19.8 Å². The maximum absolute atomic E-state index is 12.2. The number of aryl methyl sites for hydroxylation is 1. The Morgan fingerprint density at radius 3 is 1.80 bits per heavy atom. The van der Waals surface area contributed by atoms with Gasteiger partial charge in [0.25, 0.3) is 0 Å². The van der Waals surface area contributed by atoms with E-state index < -0.39 is 31.1 Å². The van der Waals surface area contributed by atoms with E-state index in [1.165, 1.54) is 107 Å². The fourth-order valence-corrected chi connectivity index (χ4v) is 8.25. The predicted octanol–water partition coefficient (Wildman–Crippen LogP) is 9.62. The third-order valence-corrected chi connectivity index (χ3v) is 11.5. The van der Waals surface area contributed by atoms with Crippen LogP contribution in [0.4, 0.5) is 0 Å². The van der Waals surface area contributed by atoms with E-state index in [2.05, 4.69) is 45.2 Å². The van der Waals surface area contributed by atoms with Gasteiger partial charge in [-0.3, -0.25) is 0 Å². The first kappa shape index (κ1) is 39.6. The average Bonchev–Trinajstić information content (AvgIpc) is 3.17. The van der Waals surface area contributed by atoms with Crippen molar-refractivity contribution in [3.63, 3.8) is 0 Å². The summed E-state index contributed by atoms with van der Waals surface area (Å²) < 4.78 is 10.7. The Labute approximate surface area is 301 Å². The zero-order valence-corrected chi connectivity index (χ0v) is 30.8. The van der Waals surface area contributed by atoms with Crippen molar-refractivity contribution in [1.29, 1.82) is 0 Å². The maximum atomic E-state index is 12.2. The number of esters is 2. The third kappa shape index (κ3) is 11.4. The molecule has 0 bridgehead atoms. The van der Waals surface area contributed by atoms with Crippen molar-refractivity contribution in [3.05, 3.63) is 83.5 Å². The van der Waals surface area contributed by atoms with E-state index in [0.717, 1.165) is 35.3 Å². The fraction of sp³-hybridized carbons (Fsp3) is 0.591. The number of carbonyl (C=O) groups excluding carboxylic acids is 2. The van der Waals surface area contributed by atoms with E-state index >= 15 is 0 Å². The van der Waals surface area contributed by atoms with Gasteiger partial charge in [0.2, 0.25) is 0 Å². The SMILES string of the molecule is C=C(CO)C(=O)OCC(COC(=O)C(=C)CO)c1ccc(-c2ccc(C3CCC(C4CCC(CCCCCCC)CC4)CC3)c(CC)c2)cc1. The third-order valence-electron chi connectivity index (χ3n) is 11.5. The molecule has 0 saturated heterocycles. The molecule has 0 amide bonds. The van der Waals surface area contributed by atoms with E-state index in [4.69, 9.17) is 9.47 Å². The predicted molar refractivity (Wildman–Crippen MR) is 202 cm³/mol. The highest BCUT2D eigenvalue weighted by molar-refractivity contribution is 5.88. The van der Waals surface area contributed by atoms with E-state index in [-0.39, 0.29) is 24.4 Å². The first-order chi connectivity index (χ1) is 24.3. The maximum Gasteiger partial charge on any atom is 0.335 e. The minimum Gasteiger partial charge on any atom is -0.461 e. The van der Waals surface area contributed by atoms with Crippen LogP contribution in [0, 0.1) is 17.8 Å². The minimum atomic E-state index is -0.702. The molecule has 0 radical (unpaired) electrons. The molecule has 50 heavy (non-hydrogen) atoms. The number of benzene rings is 2. The molecule has 2 aliphatic carbocycles. The first-order valence-corrected chi connectivity index (χ1v) is 19.4. The second-order valence-corrected chi connectivity index (χ2v) is 14.9. The molecule has 2 saturated carbocycles. The highest BCUT2D eigenvalue weighted by Crippen LogP contribution is 2.45. The Morgan fingerprint density at radius 2 is 1.26 bits per heavy atom. The van der Waals surface area contributed by atoms with Gasteiger partial charge >= 0.3 is 11.9 Å². The Morgan fingerprint density at radius 1 is 0.720 bits per heavy atom. The monoisotopic (exact) mass is 686 g/mol. The summed E-state index contributed by atoms with van der Waals surface area (Å²) in [5.74, 6) is 1.64. The van der Waals surface area contributed by atoms with Crippen LogP contribution in [0.2, 0.25) is 0 Å². The molecule has 274 valence electrons. The fourth-order valence-electron chi connectivity index (χ4n) is 8.25. The largest absolute Gasteiger partial charge is 0.461 e. The van der Waals surface area contributed by atoms with Gasteiger partial charge in [-0.2, -0.15) is 0 Å². The summed E-state index contributed by atoms with van der Waals surface area (Å²) in [4.78, 5) is 24.3. The molecular weight excluding hydrogens is 624 g/mol. The highest BCUT2D eigenvalue weighted by Gasteiger charge is 2.32. The molecule has 0 heterocycles. The lowest BCUT2D eigenvalue weighted by Crippen LogP contribution is -2.25. The zero-order valence-electron chi connectivity index (χ0n) is 30.8. The van der Waals surface area contributed by atoms with Gasteiger partial charge in [-0.05, 0) is 96.4 Å². The average molecular weight is 687 g/mol. The molecule has 0 aromatic heterocycles. The summed E-state index contributed by atoms with van der Waals surface area (Å²) in [7, 11) is 0. The zero-order chi connectivity index (χ0) is 35.9. The first-order valence-electron chi connectivity index (χ1n) is 19.4. The van der Waals surface area contributed by atoms with Crippen LogP contribution in [-0.2, 0) is 25.5 Å². The van der Waals surface area contributed by atoms with E-state index in [1.807, 2.05) is 24.3 Å². The van der Waals surface area contributed by atoms with Crippen molar-refractivity contribution in [1.82, 2.24) is 0 Å². The number of aliphatic hydroxyl groups is 2. The van der Waals surface area contributed by atoms with Crippen LogP contribution in [0.5, 0.6) is 0 Å². The summed E-state index contributed by atoms with van der Waals surface area (Å²) >= 11 is 0. The summed E-state index contributed by atoms with van der Waals surface area (Å²) in [5.41, 5.74) is 5.95. The lowest BCUT2D eigenvalue weighted by atomic mass is 9.67. The van der Waals surface area contributed by atoms with Gasteiger partial charge < -0.3 is 19.7 Å². The van der Waals surface area contributed by atoms with Crippen LogP contribution >= 0.6 is 0 Å². The molecule has 2 N–H and O–H groups in total. The Balaban J connectivity index is 1.34. The molecule has 0 atom stereocenters. The smallest absolute Gasteiger partial charge is 0.335 e. The molecule has 2 aliphatic rings. The second-order valence-electron chi connectivity index (χ2n) is 14.9. The summed E-state index contributed by atoms with van der Waals surface area (Å²) in [6, 6.07) is 15.0. The quantitative estimate of drug-likeness (QED) is 0.0869. The number of aliphatic hydroxyl groups excluding tert-OH is 2. The molecule has 2 aromatic carbocycles. The number of carbonyl (C=O) groups is 2. The number of unbranched alkanes of at least 4 members (excludes halogenated alkanes) is 4. The van der Waals surface area contributed by atoms with Crippen LogP contribution < -0.4 is 0 Å². The van der Waals surface area contributed by atoms with Gasteiger partial charge in [0.05, 0.1) is 30.3 Å². The normalized spacial score (nSPS) is 20.7. The van der Waals surface area contributed by atoms with Crippen LogP contribution in [0.15, 0.2) is 66.8 Å². The molecule has 0 spiro atoms. The standard InChI is InChI=1S/C44H62O6/c1-5-7-8-9-10-11-33-12-14-35(15-13-33)36-20-22-39(23-21-36)42-25-24-40(26-34(42)6-2)37-16-18-38(19-17-37)41(29-49-43(47)31(3)27-45)30-50-44(48)32(4)28-46/h16-19,24-26,33,35-36,39,41,45-46H,3-15,20-23,27-30H2,1-2H3. The van der Waals surface area contributed by atoms with Crippen molar-refractivity contribution < 1.29 is 29.3 Å². The Kier molecular flexibility index (Phi) is 16.3. The van der Waals surface area contributed by atoms with Gasteiger partial charge in [-0.1, -0.05) is 121 Å². The van der Waals surface area contributed by atoms with Crippen molar-refractivity contribution in [2.45, 2.75) is 122 Å². The van der Waals surface area contributed by atoms with Gasteiger partial charge in [-0.15, -0.1) is 0 Å². The van der Waals surface area contributed by atoms with Crippen molar-refractivity contribution in [2.24, 2.45) is 17.8 Å². The molecule has 6 heteroatoms. The van der Waals surface area contributed by atoms with Gasteiger partial charge in [-0.25, -0.2) is 9.59 Å². The summed E-state index contributed by atoms with van der Waals surface area (Å²) in [6.45, 7) is 10.5. The Bertz CT molecular complexity index is 1350. The summed E-state index contributed by atoms with van der Waals surface area (Å²) in [5, 5.41) is 18.4. The van der Waals surface area contributed by atoms with Gasteiger partial charge in [0.15, 0.2) is 0 Å². The number of hydrogen-bond donors (Lipinski definition) is 2. The van der Waals surface area contributed by atoms with E-state index in [1.54, 1.807) is 0 Å². The lowest BCUT2D eigenvalue weighted by Gasteiger charge is -2.38. The van der Waals surface area contributed by atoms with Crippen LogP contribution in [0.3, 0.4) is 0 Å². The molecule has 0 unspecified atom stereocenters. The van der Waals surface area contributed by atoms with E-state index in [0.29, 0.717) is 5.92 Å². The summed E-state index contributed by atoms with van der Waals surface area (Å²) in [6.07, 6.45) is 20.7. The Hall–Kier alpha value is -3.22. The molecule has 2 aromatic rings. The molecule has 0 aliphatic heterocycles. The molecule has 2 fully saturated rings. The molecule has 4 rings (SSSR count).